The molecule has 21 heavy (non-hydrogen) atoms. The molecule has 1 amide bonds. The Morgan fingerprint density at radius 3 is 2.67 bits per heavy atom. The Bertz CT molecular complexity index is 596. The van der Waals surface area contributed by atoms with Gasteiger partial charge >= 0.3 is 0 Å². The zero-order valence-electron chi connectivity index (χ0n) is 12.8. The van der Waals surface area contributed by atoms with Crippen molar-refractivity contribution in [1.82, 2.24) is 14.9 Å². The fourth-order valence-electron chi connectivity index (χ4n) is 3.36. The maximum atomic E-state index is 12.4. The van der Waals surface area contributed by atoms with Gasteiger partial charge in [-0.05, 0) is 31.6 Å². The normalized spacial score (nSPS) is 26.6. The van der Waals surface area contributed by atoms with E-state index in [0.717, 1.165) is 36.3 Å². The van der Waals surface area contributed by atoms with Gasteiger partial charge in [0.1, 0.15) is 11.6 Å². The van der Waals surface area contributed by atoms with Crippen LogP contribution in [0.2, 0.25) is 0 Å². The van der Waals surface area contributed by atoms with Crippen LogP contribution in [0.5, 0.6) is 0 Å². The maximum absolute atomic E-state index is 12.4. The first-order valence-electron chi connectivity index (χ1n) is 8.01. The molecule has 2 aliphatic heterocycles. The van der Waals surface area contributed by atoms with Crippen LogP contribution in [0.1, 0.15) is 43.3 Å². The van der Waals surface area contributed by atoms with E-state index >= 15 is 0 Å². The number of hydrogen-bond donors (Lipinski definition) is 0. The monoisotopic (exact) mass is 286 g/mol. The first-order chi connectivity index (χ1) is 10.1. The van der Waals surface area contributed by atoms with Gasteiger partial charge in [0.2, 0.25) is 5.91 Å². The first-order valence-corrected chi connectivity index (χ1v) is 8.01. The second-order valence-corrected chi connectivity index (χ2v) is 6.79. The second kappa shape index (κ2) is 4.68. The summed E-state index contributed by atoms with van der Waals surface area (Å²) in [6.07, 6.45) is 3.16. The van der Waals surface area contributed by atoms with Crippen LogP contribution in [-0.2, 0) is 17.9 Å². The molecule has 0 N–H and O–H groups in total. The Labute approximate surface area is 125 Å². The third kappa shape index (κ3) is 2.28. The van der Waals surface area contributed by atoms with Gasteiger partial charge < -0.3 is 9.80 Å². The molecular formula is C16H22N4O. The molecule has 112 valence electrons. The summed E-state index contributed by atoms with van der Waals surface area (Å²) in [6.45, 7) is 7.70. The van der Waals surface area contributed by atoms with E-state index in [1.807, 2.05) is 11.8 Å². The zero-order chi connectivity index (χ0) is 14.6. The highest BCUT2D eigenvalue weighted by Crippen LogP contribution is 2.41. The van der Waals surface area contributed by atoms with Crippen LogP contribution in [0.4, 0.5) is 5.82 Å². The molecule has 1 aromatic rings. The predicted octanol–water partition coefficient (Wildman–Crippen LogP) is 1.88. The van der Waals surface area contributed by atoms with Gasteiger partial charge in [-0.25, -0.2) is 9.97 Å². The van der Waals surface area contributed by atoms with Gasteiger partial charge in [0.25, 0.3) is 0 Å². The van der Waals surface area contributed by atoms with Crippen molar-refractivity contribution in [3.8, 4) is 0 Å². The largest absolute Gasteiger partial charge is 0.356 e. The topological polar surface area (TPSA) is 49.3 Å². The highest BCUT2D eigenvalue weighted by atomic mass is 16.2. The van der Waals surface area contributed by atoms with Crippen LogP contribution in [-0.4, -0.2) is 33.9 Å². The molecule has 1 saturated carbocycles. The van der Waals surface area contributed by atoms with Crippen LogP contribution < -0.4 is 4.90 Å². The number of carbonyl (C=O) groups excluding carboxylic acids is 1. The fraction of sp³-hybridized carbons (Fsp3) is 0.688. The van der Waals surface area contributed by atoms with Crippen molar-refractivity contribution in [2.45, 2.75) is 46.2 Å². The lowest BCUT2D eigenvalue weighted by molar-refractivity contribution is -0.132. The minimum absolute atomic E-state index is 0.287. The molecule has 2 fully saturated rings. The molecule has 0 radical (unpaired) electrons. The quantitative estimate of drug-likeness (QED) is 0.851. The van der Waals surface area contributed by atoms with Crippen LogP contribution in [0, 0.1) is 18.8 Å². The molecular weight excluding hydrogens is 264 g/mol. The third-order valence-electron chi connectivity index (χ3n) is 5.09. The zero-order valence-corrected chi connectivity index (χ0v) is 12.8. The van der Waals surface area contributed by atoms with Crippen molar-refractivity contribution in [2.75, 3.05) is 18.0 Å². The number of anilines is 1. The number of rotatable bonds is 3. The summed E-state index contributed by atoms with van der Waals surface area (Å²) in [4.78, 5) is 25.9. The SMILES string of the molecule is Cc1nc2c(c(N3CCC3)n1)CN(C(=O)CC1C[C@H]1C)C2. The molecule has 0 spiro atoms. The third-order valence-corrected chi connectivity index (χ3v) is 5.09. The number of carbonyl (C=O) groups is 1. The standard InChI is InChI=1S/C16H22N4O/c1-10-6-12(10)7-15(21)20-8-13-14(9-20)17-11(2)18-16(13)19-4-3-5-19/h10,12H,3-9H2,1-2H3/t10-,12?/m1/s1. The van der Waals surface area contributed by atoms with Crippen LogP contribution >= 0.6 is 0 Å². The summed E-state index contributed by atoms with van der Waals surface area (Å²) in [5, 5.41) is 0. The van der Waals surface area contributed by atoms with E-state index in [2.05, 4.69) is 21.8 Å². The van der Waals surface area contributed by atoms with E-state index in [4.69, 9.17) is 0 Å². The predicted molar refractivity (Wildman–Crippen MR) is 79.7 cm³/mol. The molecule has 5 nitrogen and oxygen atoms in total. The Morgan fingerprint density at radius 1 is 1.29 bits per heavy atom. The van der Waals surface area contributed by atoms with Crippen molar-refractivity contribution < 1.29 is 4.79 Å². The number of aromatic nitrogens is 2. The Kier molecular flexibility index (Phi) is 2.91. The number of hydrogen-bond acceptors (Lipinski definition) is 4. The van der Waals surface area contributed by atoms with E-state index in [9.17, 15) is 4.79 Å². The number of aryl methyl sites for hydroxylation is 1. The van der Waals surface area contributed by atoms with E-state index in [0.29, 0.717) is 25.4 Å². The number of nitrogens with zero attached hydrogens (tertiary/aromatic N) is 4. The molecule has 1 unspecified atom stereocenters. The molecule has 0 aromatic carbocycles. The van der Waals surface area contributed by atoms with Crippen molar-refractivity contribution >= 4 is 11.7 Å². The van der Waals surface area contributed by atoms with Crippen LogP contribution in [0.3, 0.4) is 0 Å². The van der Waals surface area contributed by atoms with E-state index in [1.165, 1.54) is 18.4 Å². The van der Waals surface area contributed by atoms with E-state index < -0.39 is 0 Å². The highest BCUT2D eigenvalue weighted by molar-refractivity contribution is 5.78. The van der Waals surface area contributed by atoms with Crippen LogP contribution in [0.25, 0.3) is 0 Å². The van der Waals surface area contributed by atoms with Crippen molar-refractivity contribution in [2.24, 2.45) is 11.8 Å². The summed E-state index contributed by atoms with van der Waals surface area (Å²) in [6, 6.07) is 0. The lowest BCUT2D eigenvalue weighted by atomic mass is 10.1. The average molecular weight is 286 g/mol. The van der Waals surface area contributed by atoms with E-state index in [1.54, 1.807) is 0 Å². The Balaban J connectivity index is 1.53. The highest BCUT2D eigenvalue weighted by Gasteiger charge is 2.37. The van der Waals surface area contributed by atoms with Gasteiger partial charge in [0.15, 0.2) is 0 Å². The molecule has 1 aliphatic carbocycles. The molecule has 3 heterocycles. The van der Waals surface area contributed by atoms with Crippen LogP contribution in [0.15, 0.2) is 0 Å². The second-order valence-electron chi connectivity index (χ2n) is 6.79. The number of amides is 1. The van der Waals surface area contributed by atoms with Gasteiger partial charge in [0.05, 0.1) is 18.8 Å². The summed E-state index contributed by atoms with van der Waals surface area (Å²) in [7, 11) is 0. The molecule has 3 aliphatic rings. The molecule has 1 aromatic heterocycles. The first kappa shape index (κ1) is 13.0. The maximum Gasteiger partial charge on any atom is 0.223 e. The Morgan fingerprint density at radius 2 is 2.05 bits per heavy atom. The molecule has 2 atom stereocenters. The summed E-state index contributed by atoms with van der Waals surface area (Å²) < 4.78 is 0. The average Bonchev–Trinajstić information content (AvgIpc) is 2.89. The molecule has 1 saturated heterocycles. The summed E-state index contributed by atoms with van der Waals surface area (Å²) >= 11 is 0. The lowest BCUT2D eigenvalue weighted by Crippen LogP contribution is -2.38. The van der Waals surface area contributed by atoms with Gasteiger partial charge in [-0.3, -0.25) is 4.79 Å². The van der Waals surface area contributed by atoms with Gasteiger partial charge in [-0.2, -0.15) is 0 Å². The number of fused-ring (bicyclic) bond motifs is 1. The molecule has 0 bridgehead atoms. The summed E-state index contributed by atoms with van der Waals surface area (Å²) in [5.41, 5.74) is 2.24. The molecule has 4 rings (SSSR count). The Hall–Kier alpha value is -1.65. The summed E-state index contributed by atoms with van der Waals surface area (Å²) in [5.74, 6) is 3.52. The molecule has 5 heteroatoms. The van der Waals surface area contributed by atoms with Crippen molar-refractivity contribution in [1.29, 1.82) is 0 Å². The fourth-order valence-corrected chi connectivity index (χ4v) is 3.36. The minimum atomic E-state index is 0.287. The minimum Gasteiger partial charge on any atom is -0.356 e. The van der Waals surface area contributed by atoms with Crippen molar-refractivity contribution in [3.63, 3.8) is 0 Å². The van der Waals surface area contributed by atoms with Crippen molar-refractivity contribution in [3.05, 3.63) is 17.1 Å². The lowest BCUT2D eigenvalue weighted by Gasteiger charge is -2.33. The van der Waals surface area contributed by atoms with Gasteiger partial charge in [0, 0.05) is 25.1 Å². The smallest absolute Gasteiger partial charge is 0.223 e. The van der Waals surface area contributed by atoms with Gasteiger partial charge in [-0.15, -0.1) is 0 Å². The van der Waals surface area contributed by atoms with E-state index in [-0.39, 0.29) is 5.91 Å². The van der Waals surface area contributed by atoms with Gasteiger partial charge in [-0.1, -0.05) is 6.92 Å².